The van der Waals surface area contributed by atoms with Crippen LogP contribution >= 0.6 is 0 Å². The fourth-order valence-corrected chi connectivity index (χ4v) is 2.98. The first kappa shape index (κ1) is 12.4. The van der Waals surface area contributed by atoms with Crippen LogP contribution in [0.3, 0.4) is 0 Å². The zero-order valence-electron chi connectivity index (χ0n) is 11.7. The number of ketones is 1. The van der Waals surface area contributed by atoms with Gasteiger partial charge in [0.15, 0.2) is 5.78 Å². The van der Waals surface area contributed by atoms with Crippen molar-refractivity contribution < 1.29 is 9.21 Å². The van der Waals surface area contributed by atoms with Gasteiger partial charge in [-0.05, 0) is 36.5 Å². The third kappa shape index (κ3) is 2.07. The Hall–Kier alpha value is -2.35. The predicted molar refractivity (Wildman–Crippen MR) is 82.7 cm³/mol. The summed E-state index contributed by atoms with van der Waals surface area (Å²) in [5.41, 5.74) is 3.46. The Morgan fingerprint density at radius 1 is 1.05 bits per heavy atom. The first-order chi connectivity index (χ1) is 10.3. The number of furan rings is 1. The van der Waals surface area contributed by atoms with E-state index in [0.29, 0.717) is 11.5 Å². The van der Waals surface area contributed by atoms with Crippen molar-refractivity contribution in [3.05, 3.63) is 71.5 Å². The molecule has 0 aliphatic heterocycles. The summed E-state index contributed by atoms with van der Waals surface area (Å²) < 4.78 is 5.48. The first-order valence-electron chi connectivity index (χ1n) is 7.44. The zero-order valence-corrected chi connectivity index (χ0v) is 11.7. The van der Waals surface area contributed by atoms with E-state index in [2.05, 4.69) is 6.07 Å². The maximum absolute atomic E-state index is 12.7. The Labute approximate surface area is 123 Å². The average Bonchev–Trinajstić information content (AvgIpc) is 2.89. The minimum absolute atomic E-state index is 0.0427. The van der Waals surface area contributed by atoms with Gasteiger partial charge in [0, 0.05) is 10.9 Å². The van der Waals surface area contributed by atoms with Gasteiger partial charge in [-0.2, -0.15) is 0 Å². The van der Waals surface area contributed by atoms with E-state index in [-0.39, 0.29) is 5.78 Å². The molecule has 0 saturated heterocycles. The van der Waals surface area contributed by atoms with Crippen LogP contribution in [0.4, 0.5) is 0 Å². The molecular weight excluding hydrogens is 260 g/mol. The van der Waals surface area contributed by atoms with Crippen LogP contribution in [0.2, 0.25) is 0 Å². The lowest BCUT2D eigenvalue weighted by Crippen LogP contribution is -2.10. The molecule has 0 spiro atoms. The Kier molecular flexibility index (Phi) is 2.88. The maximum atomic E-state index is 12.7. The number of rotatable bonds is 3. The standard InChI is InChI=1S/C19H16O2/c20-19(17-12-21-18-10-2-1-9-16(17)18)15-8-4-7-14(11-15)13-5-3-6-13/h1-2,4,7-13H,3,5-6H2. The molecule has 0 N–H and O–H groups in total. The van der Waals surface area contributed by atoms with Crippen molar-refractivity contribution in [2.24, 2.45) is 0 Å². The van der Waals surface area contributed by atoms with Gasteiger partial charge >= 0.3 is 0 Å². The summed E-state index contributed by atoms with van der Waals surface area (Å²) in [5, 5.41) is 0.886. The summed E-state index contributed by atoms with van der Waals surface area (Å²) in [5.74, 6) is 0.681. The second kappa shape index (κ2) is 4.88. The monoisotopic (exact) mass is 276 g/mol. The smallest absolute Gasteiger partial charge is 0.196 e. The molecule has 4 rings (SSSR count). The van der Waals surface area contributed by atoms with Gasteiger partial charge in [0.25, 0.3) is 0 Å². The highest BCUT2D eigenvalue weighted by Crippen LogP contribution is 2.36. The molecule has 0 unspecified atom stereocenters. The lowest BCUT2D eigenvalue weighted by atomic mass is 9.79. The van der Waals surface area contributed by atoms with Crippen molar-refractivity contribution in [1.29, 1.82) is 0 Å². The van der Waals surface area contributed by atoms with Gasteiger partial charge in [0.2, 0.25) is 0 Å². The molecule has 1 saturated carbocycles. The number of fused-ring (bicyclic) bond motifs is 1. The van der Waals surface area contributed by atoms with Gasteiger partial charge in [0.05, 0.1) is 5.56 Å². The van der Waals surface area contributed by atoms with Crippen molar-refractivity contribution in [2.75, 3.05) is 0 Å². The van der Waals surface area contributed by atoms with Gasteiger partial charge in [0.1, 0.15) is 11.8 Å². The van der Waals surface area contributed by atoms with Crippen molar-refractivity contribution >= 4 is 16.8 Å². The fourth-order valence-electron chi connectivity index (χ4n) is 2.98. The van der Waals surface area contributed by atoms with Crippen molar-refractivity contribution in [2.45, 2.75) is 25.2 Å². The van der Waals surface area contributed by atoms with E-state index in [1.807, 2.05) is 42.5 Å². The quantitative estimate of drug-likeness (QED) is 0.635. The van der Waals surface area contributed by atoms with E-state index in [1.165, 1.54) is 24.8 Å². The summed E-state index contributed by atoms with van der Waals surface area (Å²) in [7, 11) is 0. The van der Waals surface area contributed by atoms with Crippen LogP contribution in [-0.4, -0.2) is 5.78 Å². The number of carbonyl (C=O) groups is 1. The lowest BCUT2D eigenvalue weighted by Gasteiger charge is -2.26. The van der Waals surface area contributed by atoms with E-state index in [9.17, 15) is 4.79 Å². The highest BCUT2D eigenvalue weighted by atomic mass is 16.3. The Balaban J connectivity index is 1.74. The van der Waals surface area contributed by atoms with E-state index < -0.39 is 0 Å². The van der Waals surface area contributed by atoms with Crippen LogP contribution in [0.15, 0.2) is 59.2 Å². The molecule has 1 heterocycles. The van der Waals surface area contributed by atoms with Gasteiger partial charge < -0.3 is 4.42 Å². The van der Waals surface area contributed by atoms with Crippen LogP contribution < -0.4 is 0 Å². The topological polar surface area (TPSA) is 30.2 Å². The molecule has 0 amide bonds. The number of hydrogen-bond donors (Lipinski definition) is 0. The second-order valence-corrected chi connectivity index (χ2v) is 5.73. The van der Waals surface area contributed by atoms with Crippen molar-refractivity contribution in [1.82, 2.24) is 0 Å². The molecule has 104 valence electrons. The number of benzene rings is 2. The van der Waals surface area contributed by atoms with E-state index in [0.717, 1.165) is 16.5 Å². The third-order valence-electron chi connectivity index (χ3n) is 4.45. The summed E-state index contributed by atoms with van der Waals surface area (Å²) in [4.78, 5) is 12.7. The van der Waals surface area contributed by atoms with E-state index >= 15 is 0 Å². The highest BCUT2D eigenvalue weighted by Gasteiger charge is 2.21. The van der Waals surface area contributed by atoms with Crippen LogP contribution in [0, 0.1) is 0 Å². The maximum Gasteiger partial charge on any atom is 0.196 e. The molecule has 1 aromatic heterocycles. The summed E-state index contributed by atoms with van der Waals surface area (Å²) in [6.45, 7) is 0. The molecular formula is C19H16O2. The van der Waals surface area contributed by atoms with Gasteiger partial charge in [-0.25, -0.2) is 0 Å². The van der Waals surface area contributed by atoms with Gasteiger partial charge in [-0.1, -0.05) is 42.8 Å². The molecule has 0 radical (unpaired) electrons. The van der Waals surface area contributed by atoms with Gasteiger partial charge in [-0.15, -0.1) is 0 Å². The third-order valence-corrected chi connectivity index (χ3v) is 4.45. The van der Waals surface area contributed by atoms with Crippen LogP contribution in [0.1, 0.15) is 46.7 Å². The summed E-state index contributed by atoms with van der Waals surface area (Å²) in [6, 6.07) is 15.7. The highest BCUT2D eigenvalue weighted by molar-refractivity contribution is 6.15. The van der Waals surface area contributed by atoms with Crippen molar-refractivity contribution in [3.8, 4) is 0 Å². The molecule has 2 aromatic carbocycles. The lowest BCUT2D eigenvalue weighted by molar-refractivity contribution is 0.103. The van der Waals surface area contributed by atoms with Crippen molar-refractivity contribution in [3.63, 3.8) is 0 Å². The first-order valence-corrected chi connectivity index (χ1v) is 7.44. The molecule has 1 aliphatic rings. The zero-order chi connectivity index (χ0) is 14.2. The normalized spacial score (nSPS) is 15.0. The van der Waals surface area contributed by atoms with E-state index in [1.54, 1.807) is 6.26 Å². The SMILES string of the molecule is O=C(c1cccc(C2CCC2)c1)c1coc2ccccc12. The minimum atomic E-state index is 0.0427. The predicted octanol–water partition coefficient (Wildman–Crippen LogP) is 4.93. The number of carbonyl (C=O) groups excluding carboxylic acids is 1. The molecule has 1 fully saturated rings. The molecule has 0 bridgehead atoms. The molecule has 3 aromatic rings. The largest absolute Gasteiger partial charge is 0.464 e. The number of para-hydroxylation sites is 1. The summed E-state index contributed by atoms with van der Waals surface area (Å²) >= 11 is 0. The summed E-state index contributed by atoms with van der Waals surface area (Å²) in [6.07, 6.45) is 5.36. The van der Waals surface area contributed by atoms with Crippen LogP contribution in [0.25, 0.3) is 11.0 Å². The minimum Gasteiger partial charge on any atom is -0.464 e. The molecule has 21 heavy (non-hydrogen) atoms. The Morgan fingerprint density at radius 2 is 1.90 bits per heavy atom. The van der Waals surface area contributed by atoms with E-state index in [4.69, 9.17) is 4.42 Å². The Bertz CT molecular complexity index is 809. The number of hydrogen-bond acceptors (Lipinski definition) is 2. The van der Waals surface area contributed by atoms with Gasteiger partial charge in [-0.3, -0.25) is 4.79 Å². The molecule has 0 atom stereocenters. The Morgan fingerprint density at radius 3 is 2.71 bits per heavy atom. The fraction of sp³-hybridized carbons (Fsp3) is 0.211. The molecule has 2 heteroatoms. The van der Waals surface area contributed by atoms with Crippen LogP contribution in [0.5, 0.6) is 0 Å². The average molecular weight is 276 g/mol. The second-order valence-electron chi connectivity index (χ2n) is 5.73. The molecule has 2 nitrogen and oxygen atoms in total. The van der Waals surface area contributed by atoms with Crippen LogP contribution in [-0.2, 0) is 0 Å². The molecule has 1 aliphatic carbocycles.